The second kappa shape index (κ2) is 12.7. The summed E-state index contributed by atoms with van der Waals surface area (Å²) < 4.78 is 7.23. The summed E-state index contributed by atoms with van der Waals surface area (Å²) >= 11 is 0. The number of amides is 1. The smallest absolute Gasteiger partial charge is 0.239 e. The quantitative estimate of drug-likeness (QED) is 0.420. The van der Waals surface area contributed by atoms with Crippen molar-refractivity contribution in [1.82, 2.24) is 14.4 Å². The zero-order chi connectivity index (χ0) is 26.2. The van der Waals surface area contributed by atoms with Crippen LogP contribution in [0.25, 0.3) is 0 Å². The van der Waals surface area contributed by atoms with E-state index in [0.29, 0.717) is 31.1 Å². The molecule has 0 unspecified atom stereocenters. The summed E-state index contributed by atoms with van der Waals surface area (Å²) in [5, 5.41) is 12.8. The van der Waals surface area contributed by atoms with E-state index in [1.807, 2.05) is 18.4 Å². The maximum absolute atomic E-state index is 13.1. The molecule has 1 fully saturated rings. The first kappa shape index (κ1) is 26.6. The van der Waals surface area contributed by atoms with Gasteiger partial charge in [-0.3, -0.25) is 14.6 Å². The molecular formula is C30H37N5O2. The SMILES string of the molecule is COCCCn1c(C)c(C)c(C#N)c1NC(=O)CN1CCN(C(c2ccccc2)c2ccccc2)CC1. The van der Waals surface area contributed by atoms with Crippen LogP contribution in [0.5, 0.6) is 0 Å². The number of ether oxygens (including phenoxy) is 1. The number of piperazine rings is 1. The summed E-state index contributed by atoms with van der Waals surface area (Å²) in [7, 11) is 1.68. The molecule has 0 radical (unpaired) electrons. The minimum absolute atomic E-state index is 0.0851. The number of methoxy groups -OCH3 is 1. The maximum Gasteiger partial charge on any atom is 0.239 e. The molecule has 2 heterocycles. The van der Waals surface area contributed by atoms with Gasteiger partial charge in [-0.25, -0.2) is 0 Å². The van der Waals surface area contributed by atoms with Gasteiger partial charge in [-0.1, -0.05) is 60.7 Å². The fourth-order valence-corrected chi connectivity index (χ4v) is 5.22. The molecule has 1 N–H and O–H groups in total. The zero-order valence-electron chi connectivity index (χ0n) is 22.1. The number of nitriles is 1. The molecule has 0 bridgehead atoms. The first-order valence-corrected chi connectivity index (χ1v) is 13.0. The maximum atomic E-state index is 13.1. The van der Waals surface area contributed by atoms with Crippen LogP contribution in [0.1, 0.15) is 40.4 Å². The minimum Gasteiger partial charge on any atom is -0.385 e. The molecule has 0 atom stereocenters. The number of carbonyl (C=O) groups excluding carboxylic acids is 1. The van der Waals surface area contributed by atoms with E-state index in [1.54, 1.807) is 7.11 Å². The van der Waals surface area contributed by atoms with E-state index in [2.05, 4.69) is 81.8 Å². The molecule has 1 amide bonds. The molecule has 7 nitrogen and oxygen atoms in total. The van der Waals surface area contributed by atoms with Crippen molar-refractivity contribution in [1.29, 1.82) is 5.26 Å². The van der Waals surface area contributed by atoms with Crippen LogP contribution in [0.2, 0.25) is 0 Å². The van der Waals surface area contributed by atoms with Crippen molar-refractivity contribution in [3.63, 3.8) is 0 Å². The van der Waals surface area contributed by atoms with Crippen molar-refractivity contribution in [2.45, 2.75) is 32.9 Å². The number of carbonyl (C=O) groups is 1. The molecule has 0 aliphatic carbocycles. The summed E-state index contributed by atoms with van der Waals surface area (Å²) in [5.74, 6) is 0.517. The number of rotatable bonds is 10. The Labute approximate surface area is 220 Å². The van der Waals surface area contributed by atoms with Crippen LogP contribution in [-0.2, 0) is 16.1 Å². The Balaban J connectivity index is 1.41. The van der Waals surface area contributed by atoms with Crippen molar-refractivity contribution < 1.29 is 9.53 Å². The third kappa shape index (κ3) is 6.28. The standard InChI is InChI=1S/C30H37N5O2/c1-23-24(2)35(15-10-20-37-3)30(27(23)21-31)32-28(36)22-33-16-18-34(19-17-33)29(25-11-6-4-7-12-25)26-13-8-5-9-14-26/h4-9,11-14,29H,10,15-20,22H2,1-3H3,(H,32,36). The van der Waals surface area contributed by atoms with E-state index in [4.69, 9.17) is 4.74 Å². The molecule has 3 aromatic rings. The fourth-order valence-electron chi connectivity index (χ4n) is 5.22. The lowest BCUT2D eigenvalue weighted by molar-refractivity contribution is -0.117. The monoisotopic (exact) mass is 499 g/mol. The number of anilines is 1. The average molecular weight is 500 g/mol. The van der Waals surface area contributed by atoms with Gasteiger partial charge in [0.25, 0.3) is 0 Å². The van der Waals surface area contributed by atoms with Crippen LogP contribution in [0, 0.1) is 25.2 Å². The van der Waals surface area contributed by atoms with Crippen LogP contribution in [0.3, 0.4) is 0 Å². The predicted octanol–water partition coefficient (Wildman–Crippen LogP) is 4.36. The van der Waals surface area contributed by atoms with Gasteiger partial charge < -0.3 is 14.6 Å². The highest BCUT2D eigenvalue weighted by Gasteiger charge is 2.27. The average Bonchev–Trinajstić information content (AvgIpc) is 3.14. The van der Waals surface area contributed by atoms with E-state index >= 15 is 0 Å². The summed E-state index contributed by atoms with van der Waals surface area (Å²) in [6.45, 7) is 8.91. The van der Waals surface area contributed by atoms with Crippen molar-refractivity contribution in [2.75, 3.05) is 51.8 Å². The van der Waals surface area contributed by atoms with Crippen LogP contribution in [-0.4, -0.2) is 66.7 Å². The number of hydrogen-bond donors (Lipinski definition) is 1. The van der Waals surface area contributed by atoms with Gasteiger partial charge in [-0.05, 0) is 37.0 Å². The Bertz CT molecular complexity index is 1170. The lowest BCUT2D eigenvalue weighted by Crippen LogP contribution is -2.49. The van der Waals surface area contributed by atoms with Crippen LogP contribution in [0.15, 0.2) is 60.7 Å². The number of hydrogen-bond acceptors (Lipinski definition) is 5. The highest BCUT2D eigenvalue weighted by Crippen LogP contribution is 2.30. The molecule has 7 heteroatoms. The normalized spacial score (nSPS) is 14.6. The molecule has 2 aromatic carbocycles. The third-order valence-corrected chi connectivity index (χ3v) is 7.30. The highest BCUT2D eigenvalue weighted by atomic mass is 16.5. The van der Waals surface area contributed by atoms with Gasteiger partial charge in [0.15, 0.2) is 0 Å². The highest BCUT2D eigenvalue weighted by molar-refractivity contribution is 5.93. The lowest BCUT2D eigenvalue weighted by Gasteiger charge is -2.39. The van der Waals surface area contributed by atoms with Crippen LogP contribution >= 0.6 is 0 Å². The first-order valence-electron chi connectivity index (χ1n) is 13.0. The summed E-state index contributed by atoms with van der Waals surface area (Å²) in [5.41, 5.74) is 5.02. The van der Waals surface area contributed by atoms with Crippen molar-refractivity contribution in [2.24, 2.45) is 0 Å². The van der Waals surface area contributed by atoms with Crippen LogP contribution in [0.4, 0.5) is 5.82 Å². The summed E-state index contributed by atoms with van der Waals surface area (Å²) in [4.78, 5) is 17.8. The van der Waals surface area contributed by atoms with Crippen molar-refractivity contribution in [3.05, 3.63) is 88.6 Å². The van der Waals surface area contributed by atoms with Gasteiger partial charge in [0, 0.05) is 52.1 Å². The van der Waals surface area contributed by atoms with Gasteiger partial charge >= 0.3 is 0 Å². The van der Waals surface area contributed by atoms with Gasteiger partial charge in [0.2, 0.25) is 5.91 Å². The topological polar surface area (TPSA) is 73.5 Å². The summed E-state index contributed by atoms with van der Waals surface area (Å²) in [6, 6.07) is 23.7. The number of aromatic nitrogens is 1. The van der Waals surface area contributed by atoms with E-state index in [-0.39, 0.29) is 11.9 Å². The van der Waals surface area contributed by atoms with E-state index in [9.17, 15) is 10.1 Å². The second-order valence-corrected chi connectivity index (χ2v) is 9.63. The van der Waals surface area contributed by atoms with Gasteiger partial charge in [0.1, 0.15) is 11.9 Å². The number of benzene rings is 2. The Morgan fingerprint density at radius 2 is 1.59 bits per heavy atom. The molecule has 194 valence electrons. The molecular weight excluding hydrogens is 462 g/mol. The number of nitrogens with one attached hydrogen (secondary N) is 1. The molecule has 1 saturated heterocycles. The molecule has 4 rings (SSSR count). The Kier molecular flexibility index (Phi) is 9.13. The van der Waals surface area contributed by atoms with Crippen molar-refractivity contribution in [3.8, 4) is 6.07 Å². The lowest BCUT2D eigenvalue weighted by atomic mass is 9.96. The first-order chi connectivity index (χ1) is 18.0. The summed E-state index contributed by atoms with van der Waals surface area (Å²) in [6.07, 6.45) is 0.811. The van der Waals surface area contributed by atoms with Crippen molar-refractivity contribution >= 4 is 11.7 Å². The largest absolute Gasteiger partial charge is 0.385 e. The Morgan fingerprint density at radius 3 is 2.14 bits per heavy atom. The van der Waals surface area contributed by atoms with E-state index in [1.165, 1.54) is 11.1 Å². The molecule has 1 aromatic heterocycles. The van der Waals surface area contributed by atoms with Crippen LogP contribution < -0.4 is 5.32 Å². The molecule has 1 aliphatic rings. The van der Waals surface area contributed by atoms with Gasteiger partial charge in [-0.2, -0.15) is 5.26 Å². The van der Waals surface area contributed by atoms with Gasteiger partial charge in [0.05, 0.1) is 18.2 Å². The fraction of sp³-hybridized carbons (Fsp3) is 0.400. The van der Waals surface area contributed by atoms with E-state index in [0.717, 1.165) is 43.9 Å². The van der Waals surface area contributed by atoms with E-state index < -0.39 is 0 Å². The van der Waals surface area contributed by atoms with Gasteiger partial charge in [-0.15, -0.1) is 0 Å². The number of nitrogens with zero attached hydrogens (tertiary/aromatic N) is 4. The molecule has 37 heavy (non-hydrogen) atoms. The Morgan fingerprint density at radius 1 is 1.00 bits per heavy atom. The Hall–Kier alpha value is -3.44. The molecule has 1 aliphatic heterocycles. The second-order valence-electron chi connectivity index (χ2n) is 9.63. The zero-order valence-corrected chi connectivity index (χ0v) is 22.1. The third-order valence-electron chi connectivity index (χ3n) is 7.30. The molecule has 0 spiro atoms. The minimum atomic E-state index is -0.0851. The predicted molar refractivity (Wildman–Crippen MR) is 146 cm³/mol. The molecule has 0 saturated carbocycles.